The van der Waals surface area contributed by atoms with Gasteiger partial charge in [-0.15, -0.1) is 0 Å². The fourth-order valence-electron chi connectivity index (χ4n) is 4.04. The van der Waals surface area contributed by atoms with E-state index in [0.29, 0.717) is 0 Å². The Kier molecular flexibility index (Phi) is 11.6. The average molecular weight is 448 g/mol. The van der Waals surface area contributed by atoms with Gasteiger partial charge in [0.05, 0.1) is 0 Å². The summed E-state index contributed by atoms with van der Waals surface area (Å²) < 4.78 is 78.0. The molecule has 2 aliphatic carbocycles. The summed E-state index contributed by atoms with van der Waals surface area (Å²) in [5.41, 5.74) is 2.07. The van der Waals surface area contributed by atoms with Gasteiger partial charge in [0.25, 0.3) is 0 Å². The van der Waals surface area contributed by atoms with Crippen LogP contribution < -0.4 is 5.30 Å². The van der Waals surface area contributed by atoms with Gasteiger partial charge >= 0.3 is 14.5 Å². The van der Waals surface area contributed by atoms with Crippen molar-refractivity contribution in [2.75, 3.05) is 0 Å². The second-order valence-electron chi connectivity index (χ2n) is 7.32. The fraction of sp³-hybridized carbons (Fsp3) is 0.667. The summed E-state index contributed by atoms with van der Waals surface area (Å²) in [6, 6.07) is 11.6. The number of halogens is 8. The highest BCUT2D eigenvalue weighted by atomic mass is 31.1. The zero-order chi connectivity index (χ0) is 21.9. The third-order valence-corrected chi connectivity index (χ3v) is 8.49. The summed E-state index contributed by atoms with van der Waals surface area (Å²) in [5, 5.41) is 1.70. The Morgan fingerprint density at radius 3 is 1.17 bits per heavy atom. The molecular formula is C18H27B2F8P-2. The summed E-state index contributed by atoms with van der Waals surface area (Å²) in [7, 11) is -11.9. The molecule has 0 heterocycles. The van der Waals surface area contributed by atoms with Crippen molar-refractivity contribution in [2.45, 2.75) is 75.5 Å². The minimum absolute atomic E-state index is 0.108. The maximum absolute atomic E-state index is 9.75. The van der Waals surface area contributed by atoms with Gasteiger partial charge in [-0.1, -0.05) is 76.8 Å². The highest BCUT2D eigenvalue weighted by Gasteiger charge is 2.31. The van der Waals surface area contributed by atoms with E-state index in [9.17, 15) is 34.5 Å². The van der Waals surface area contributed by atoms with Gasteiger partial charge in [0.1, 0.15) is 0 Å². The highest BCUT2D eigenvalue weighted by molar-refractivity contribution is 7.67. The van der Waals surface area contributed by atoms with Gasteiger partial charge in [0.2, 0.25) is 0 Å². The van der Waals surface area contributed by atoms with Crippen LogP contribution in [0.1, 0.15) is 64.2 Å². The van der Waals surface area contributed by atoms with Crippen molar-refractivity contribution in [3.8, 4) is 0 Å². The fourth-order valence-corrected chi connectivity index (χ4v) is 7.84. The van der Waals surface area contributed by atoms with Crippen LogP contribution in [0.2, 0.25) is 0 Å². The number of hydrogen-bond donors (Lipinski definition) is 0. The Hall–Kier alpha value is -0.780. The van der Waals surface area contributed by atoms with Crippen molar-refractivity contribution >= 4 is 27.7 Å². The van der Waals surface area contributed by atoms with Crippen molar-refractivity contribution in [1.29, 1.82) is 0 Å². The monoisotopic (exact) mass is 448 g/mol. The molecule has 0 radical (unpaired) electrons. The zero-order valence-electron chi connectivity index (χ0n) is 16.2. The van der Waals surface area contributed by atoms with Crippen LogP contribution in [0.3, 0.4) is 0 Å². The van der Waals surface area contributed by atoms with Crippen molar-refractivity contribution in [2.24, 2.45) is 0 Å². The first-order valence-corrected chi connectivity index (χ1v) is 11.5. The van der Waals surface area contributed by atoms with Crippen LogP contribution >= 0.6 is 7.92 Å². The largest absolute Gasteiger partial charge is 0.673 e. The lowest BCUT2D eigenvalue weighted by Crippen LogP contribution is -2.26. The van der Waals surface area contributed by atoms with E-state index >= 15 is 0 Å². The van der Waals surface area contributed by atoms with Crippen LogP contribution in [0, 0.1) is 0 Å². The first-order chi connectivity index (χ1) is 13.4. The van der Waals surface area contributed by atoms with Crippen molar-refractivity contribution in [3.05, 3.63) is 30.3 Å². The third kappa shape index (κ3) is 14.0. The maximum Gasteiger partial charge on any atom is 0.673 e. The van der Waals surface area contributed by atoms with Gasteiger partial charge in [-0.25, -0.2) is 0 Å². The molecule has 0 saturated heterocycles. The van der Waals surface area contributed by atoms with Crippen molar-refractivity contribution in [3.63, 3.8) is 0 Å². The van der Waals surface area contributed by atoms with E-state index in [-0.39, 0.29) is 7.92 Å². The molecule has 0 aromatic heterocycles. The molecule has 0 spiro atoms. The van der Waals surface area contributed by atoms with Crippen LogP contribution in [0.25, 0.3) is 0 Å². The van der Waals surface area contributed by atoms with Gasteiger partial charge < -0.3 is 34.5 Å². The molecule has 2 fully saturated rings. The van der Waals surface area contributed by atoms with Crippen molar-refractivity contribution < 1.29 is 34.5 Å². The van der Waals surface area contributed by atoms with Gasteiger partial charge in [-0.05, 0) is 42.3 Å². The van der Waals surface area contributed by atoms with Gasteiger partial charge in [-0.3, -0.25) is 0 Å². The van der Waals surface area contributed by atoms with Crippen LogP contribution in [-0.2, 0) is 0 Å². The molecule has 168 valence electrons. The Morgan fingerprint density at radius 2 is 0.862 bits per heavy atom. The number of hydrogen-bond acceptors (Lipinski definition) is 0. The molecule has 0 atom stereocenters. The molecule has 0 unspecified atom stereocenters. The highest BCUT2D eigenvalue weighted by Crippen LogP contribution is 2.54. The van der Waals surface area contributed by atoms with Gasteiger partial charge in [0.15, 0.2) is 0 Å². The minimum atomic E-state index is -6.00. The Labute approximate surface area is 168 Å². The van der Waals surface area contributed by atoms with E-state index < -0.39 is 14.5 Å². The maximum atomic E-state index is 9.75. The molecule has 29 heavy (non-hydrogen) atoms. The molecular weight excluding hydrogens is 421 g/mol. The molecule has 1 aromatic rings. The van der Waals surface area contributed by atoms with Gasteiger partial charge in [0, 0.05) is 0 Å². The molecule has 0 bridgehead atoms. The smallest absolute Gasteiger partial charge is 0.418 e. The molecule has 0 N–H and O–H groups in total. The minimum Gasteiger partial charge on any atom is -0.418 e. The SMILES string of the molecule is F[B-](F)(F)F.F[B-](F)(F)F.c1ccc(P(C2CCCCC2)C2CCCCC2)cc1. The third-order valence-electron chi connectivity index (χ3n) is 4.99. The average Bonchev–Trinajstić information content (AvgIpc) is 2.62. The van der Waals surface area contributed by atoms with Gasteiger partial charge in [-0.2, -0.15) is 0 Å². The molecule has 0 aliphatic heterocycles. The molecule has 3 rings (SSSR count). The Balaban J connectivity index is 0.000000353. The topological polar surface area (TPSA) is 0 Å². The zero-order valence-corrected chi connectivity index (χ0v) is 17.1. The normalized spacial score (nSPS) is 19.1. The molecule has 11 heteroatoms. The van der Waals surface area contributed by atoms with E-state index in [1.807, 2.05) is 0 Å². The standard InChI is InChI=1S/C18H27P.2BF4/c1-4-10-16(11-5-1)19(17-12-6-2-7-13-17)18-14-8-3-9-15-18;2*2-1(3,4)5/h1,4-5,10-11,17-18H,2-3,6-9,12-15H2;;/q;2*-1. The quantitative estimate of drug-likeness (QED) is 0.249. The molecule has 0 amide bonds. The van der Waals surface area contributed by atoms with E-state index in [0.717, 1.165) is 11.3 Å². The summed E-state index contributed by atoms with van der Waals surface area (Å²) in [6.07, 6.45) is 15.0. The van der Waals surface area contributed by atoms with E-state index in [2.05, 4.69) is 30.3 Å². The second-order valence-corrected chi connectivity index (χ2v) is 10.1. The first kappa shape index (κ1) is 26.3. The summed E-state index contributed by atoms with van der Waals surface area (Å²) in [5.74, 6) is 0. The summed E-state index contributed by atoms with van der Waals surface area (Å²) in [4.78, 5) is 0. The molecule has 2 aliphatic rings. The van der Waals surface area contributed by atoms with Crippen LogP contribution in [0.5, 0.6) is 0 Å². The lowest BCUT2D eigenvalue weighted by Gasteiger charge is -2.38. The van der Waals surface area contributed by atoms with E-state index in [1.165, 1.54) is 64.2 Å². The Morgan fingerprint density at radius 1 is 0.552 bits per heavy atom. The Bertz CT molecular complexity index is 499. The van der Waals surface area contributed by atoms with E-state index in [1.54, 1.807) is 5.30 Å². The summed E-state index contributed by atoms with van der Waals surface area (Å²) in [6.45, 7) is 0. The number of benzene rings is 1. The predicted octanol–water partition coefficient (Wildman–Crippen LogP) is 8.06. The lowest BCUT2D eigenvalue weighted by atomic mass is 9.99. The molecule has 2 saturated carbocycles. The van der Waals surface area contributed by atoms with Crippen LogP contribution in [0.15, 0.2) is 30.3 Å². The van der Waals surface area contributed by atoms with Crippen molar-refractivity contribution in [1.82, 2.24) is 0 Å². The van der Waals surface area contributed by atoms with Crippen LogP contribution in [-0.4, -0.2) is 25.8 Å². The first-order valence-electron chi connectivity index (χ1n) is 10.0. The summed E-state index contributed by atoms with van der Waals surface area (Å²) >= 11 is 0. The molecule has 0 nitrogen and oxygen atoms in total. The second kappa shape index (κ2) is 12.8. The molecule has 1 aromatic carbocycles. The predicted molar refractivity (Wildman–Crippen MR) is 107 cm³/mol. The lowest BCUT2D eigenvalue weighted by molar-refractivity contribution is 0.366. The van der Waals surface area contributed by atoms with Crippen LogP contribution in [0.4, 0.5) is 34.5 Å². The number of rotatable bonds is 3. The van der Waals surface area contributed by atoms with E-state index in [4.69, 9.17) is 0 Å².